The van der Waals surface area contributed by atoms with E-state index >= 15 is 0 Å². The van der Waals surface area contributed by atoms with Crippen LogP contribution in [0.2, 0.25) is 0 Å². The second-order valence-corrected chi connectivity index (χ2v) is 3.81. The van der Waals surface area contributed by atoms with E-state index in [1.54, 1.807) is 19.1 Å². The van der Waals surface area contributed by atoms with Gasteiger partial charge in [0.2, 0.25) is 5.76 Å². The van der Waals surface area contributed by atoms with Gasteiger partial charge in [0.15, 0.2) is 6.39 Å². The molecule has 1 aromatic heterocycles. The van der Waals surface area contributed by atoms with E-state index in [1.807, 2.05) is 13.0 Å². The number of nitrogens with one attached hydrogen (secondary N) is 1. The molecule has 0 radical (unpaired) electrons. The largest absolute Gasteiger partial charge is 0.438 e. The number of oxazole rings is 1. The molecule has 2 rings (SSSR count). The lowest BCUT2D eigenvalue weighted by molar-refractivity contribution is 0.0996. The van der Waals surface area contributed by atoms with Crippen LogP contribution in [0.15, 0.2) is 29.0 Å². The summed E-state index contributed by atoms with van der Waals surface area (Å²) in [4.78, 5) is 15.7. The van der Waals surface area contributed by atoms with Gasteiger partial charge in [0, 0.05) is 0 Å². The van der Waals surface area contributed by atoms with E-state index in [-0.39, 0.29) is 11.7 Å². The van der Waals surface area contributed by atoms with Gasteiger partial charge in [-0.1, -0.05) is 6.07 Å². The van der Waals surface area contributed by atoms with Gasteiger partial charge in [0.25, 0.3) is 5.91 Å². The lowest BCUT2D eigenvalue weighted by Crippen LogP contribution is -2.13. The first-order valence-electron chi connectivity index (χ1n) is 5.15. The van der Waals surface area contributed by atoms with Crippen molar-refractivity contribution >= 4 is 17.3 Å². The SMILES string of the molecule is Cc1ccc(NC(=O)c2ocnc2C)c(N)c1. The van der Waals surface area contributed by atoms with Crippen molar-refractivity contribution in [1.29, 1.82) is 0 Å². The number of carbonyl (C=O) groups is 1. The zero-order chi connectivity index (χ0) is 12.4. The molecule has 0 bridgehead atoms. The molecule has 0 aliphatic rings. The quantitative estimate of drug-likeness (QED) is 0.776. The molecule has 5 heteroatoms. The topological polar surface area (TPSA) is 81.2 Å². The highest BCUT2D eigenvalue weighted by Gasteiger charge is 2.14. The number of hydrogen-bond donors (Lipinski definition) is 2. The Kier molecular flexibility index (Phi) is 2.82. The fourth-order valence-corrected chi connectivity index (χ4v) is 1.49. The van der Waals surface area contributed by atoms with Crippen molar-refractivity contribution < 1.29 is 9.21 Å². The summed E-state index contributed by atoms with van der Waals surface area (Å²) >= 11 is 0. The molecule has 0 unspecified atom stereocenters. The van der Waals surface area contributed by atoms with Gasteiger partial charge in [0.05, 0.1) is 17.1 Å². The van der Waals surface area contributed by atoms with E-state index < -0.39 is 0 Å². The number of nitrogens with two attached hydrogens (primary N) is 1. The van der Waals surface area contributed by atoms with Gasteiger partial charge in [-0.3, -0.25) is 4.79 Å². The third-order valence-electron chi connectivity index (χ3n) is 2.41. The standard InChI is InChI=1S/C12H13N3O2/c1-7-3-4-10(9(13)5-7)15-12(16)11-8(2)14-6-17-11/h3-6H,13H2,1-2H3,(H,15,16). The van der Waals surface area contributed by atoms with Gasteiger partial charge in [0.1, 0.15) is 0 Å². The minimum absolute atomic E-state index is 0.199. The molecule has 1 aromatic carbocycles. The van der Waals surface area contributed by atoms with Crippen molar-refractivity contribution in [2.45, 2.75) is 13.8 Å². The molecule has 0 aliphatic heterocycles. The molecule has 1 heterocycles. The Morgan fingerprint density at radius 1 is 1.41 bits per heavy atom. The fourth-order valence-electron chi connectivity index (χ4n) is 1.49. The molecule has 0 atom stereocenters. The number of hydrogen-bond acceptors (Lipinski definition) is 4. The summed E-state index contributed by atoms with van der Waals surface area (Å²) in [6.45, 7) is 3.64. The first-order chi connectivity index (χ1) is 8.08. The summed E-state index contributed by atoms with van der Waals surface area (Å²) in [5.74, 6) is -0.152. The Morgan fingerprint density at radius 2 is 2.18 bits per heavy atom. The van der Waals surface area contributed by atoms with Crippen LogP contribution in [-0.4, -0.2) is 10.9 Å². The van der Waals surface area contributed by atoms with Crippen LogP contribution >= 0.6 is 0 Å². The highest BCUT2D eigenvalue weighted by atomic mass is 16.3. The van der Waals surface area contributed by atoms with Crippen LogP contribution in [0, 0.1) is 13.8 Å². The van der Waals surface area contributed by atoms with Crippen LogP contribution in [0.1, 0.15) is 21.8 Å². The maximum absolute atomic E-state index is 11.8. The molecule has 2 aromatic rings. The van der Waals surface area contributed by atoms with Gasteiger partial charge in [-0.25, -0.2) is 4.98 Å². The Labute approximate surface area is 98.6 Å². The maximum atomic E-state index is 11.8. The molecule has 0 spiro atoms. The van der Waals surface area contributed by atoms with Crippen LogP contribution in [0.25, 0.3) is 0 Å². The number of aryl methyl sites for hydroxylation is 2. The first kappa shape index (κ1) is 11.2. The van der Waals surface area contributed by atoms with Crippen LogP contribution in [-0.2, 0) is 0 Å². The summed E-state index contributed by atoms with van der Waals surface area (Å²) in [6.07, 6.45) is 1.24. The minimum atomic E-state index is -0.351. The summed E-state index contributed by atoms with van der Waals surface area (Å²) < 4.78 is 5.00. The molecule has 5 nitrogen and oxygen atoms in total. The van der Waals surface area contributed by atoms with Gasteiger partial charge in [-0.15, -0.1) is 0 Å². The second-order valence-electron chi connectivity index (χ2n) is 3.81. The maximum Gasteiger partial charge on any atom is 0.293 e. The van der Waals surface area contributed by atoms with Crippen molar-refractivity contribution in [2.24, 2.45) is 0 Å². The predicted octanol–water partition coefficient (Wildman–Crippen LogP) is 2.13. The second kappa shape index (κ2) is 4.29. The molecule has 3 N–H and O–H groups in total. The van der Waals surface area contributed by atoms with Crippen molar-refractivity contribution in [3.8, 4) is 0 Å². The molecular weight excluding hydrogens is 218 g/mol. The molecule has 0 saturated carbocycles. The minimum Gasteiger partial charge on any atom is -0.438 e. The third-order valence-corrected chi connectivity index (χ3v) is 2.41. The van der Waals surface area contributed by atoms with Crippen molar-refractivity contribution in [3.05, 3.63) is 41.6 Å². The Balaban J connectivity index is 2.22. The lowest BCUT2D eigenvalue weighted by Gasteiger charge is -2.07. The fraction of sp³-hybridized carbons (Fsp3) is 0.167. The number of nitrogen functional groups attached to an aromatic ring is 1. The molecular formula is C12H13N3O2. The summed E-state index contributed by atoms with van der Waals surface area (Å²) in [5, 5.41) is 2.68. The summed E-state index contributed by atoms with van der Waals surface area (Å²) in [6, 6.07) is 5.43. The number of carbonyl (C=O) groups excluding carboxylic acids is 1. The van der Waals surface area contributed by atoms with Gasteiger partial charge < -0.3 is 15.5 Å². The smallest absolute Gasteiger partial charge is 0.293 e. The monoisotopic (exact) mass is 231 g/mol. The highest BCUT2D eigenvalue weighted by Crippen LogP contribution is 2.20. The lowest BCUT2D eigenvalue weighted by atomic mass is 10.2. The molecule has 0 fully saturated rings. The normalized spacial score (nSPS) is 10.2. The van der Waals surface area contributed by atoms with Crippen molar-refractivity contribution in [1.82, 2.24) is 4.98 Å². The molecule has 0 aliphatic carbocycles. The zero-order valence-electron chi connectivity index (χ0n) is 9.65. The van der Waals surface area contributed by atoms with E-state index in [4.69, 9.17) is 10.2 Å². The Bertz CT molecular complexity index is 561. The van der Waals surface area contributed by atoms with E-state index in [1.165, 1.54) is 6.39 Å². The van der Waals surface area contributed by atoms with Crippen molar-refractivity contribution in [3.63, 3.8) is 0 Å². The number of amides is 1. The van der Waals surface area contributed by atoms with E-state index in [9.17, 15) is 4.79 Å². The van der Waals surface area contributed by atoms with Gasteiger partial charge in [-0.05, 0) is 31.5 Å². The molecule has 88 valence electrons. The Hall–Kier alpha value is -2.30. The third kappa shape index (κ3) is 2.28. The Morgan fingerprint density at radius 3 is 2.76 bits per heavy atom. The molecule has 1 amide bonds. The van der Waals surface area contributed by atoms with Crippen LogP contribution in [0.5, 0.6) is 0 Å². The molecule has 17 heavy (non-hydrogen) atoms. The number of anilines is 2. The van der Waals surface area contributed by atoms with E-state index in [2.05, 4.69) is 10.3 Å². The number of aromatic nitrogens is 1. The average Bonchev–Trinajstić information content (AvgIpc) is 2.68. The predicted molar refractivity (Wildman–Crippen MR) is 64.8 cm³/mol. The zero-order valence-corrected chi connectivity index (χ0v) is 9.65. The van der Waals surface area contributed by atoms with Gasteiger partial charge >= 0.3 is 0 Å². The first-order valence-corrected chi connectivity index (χ1v) is 5.15. The summed E-state index contributed by atoms with van der Waals surface area (Å²) in [7, 11) is 0. The van der Waals surface area contributed by atoms with E-state index in [0.717, 1.165) is 5.56 Å². The van der Waals surface area contributed by atoms with Crippen LogP contribution in [0.3, 0.4) is 0 Å². The molecule has 0 saturated heterocycles. The summed E-state index contributed by atoms with van der Waals surface area (Å²) in [5.41, 5.74) is 8.48. The van der Waals surface area contributed by atoms with Gasteiger partial charge in [-0.2, -0.15) is 0 Å². The number of benzene rings is 1. The van der Waals surface area contributed by atoms with Crippen molar-refractivity contribution in [2.75, 3.05) is 11.1 Å². The number of rotatable bonds is 2. The highest BCUT2D eigenvalue weighted by molar-refractivity contribution is 6.04. The average molecular weight is 231 g/mol. The number of nitrogens with zero attached hydrogens (tertiary/aromatic N) is 1. The van der Waals surface area contributed by atoms with Crippen LogP contribution in [0.4, 0.5) is 11.4 Å². The van der Waals surface area contributed by atoms with Crippen LogP contribution < -0.4 is 11.1 Å². The van der Waals surface area contributed by atoms with E-state index in [0.29, 0.717) is 17.1 Å².